The van der Waals surface area contributed by atoms with Crippen molar-refractivity contribution < 1.29 is 78.1 Å². The summed E-state index contributed by atoms with van der Waals surface area (Å²) in [7, 11) is 0. The first-order valence-corrected chi connectivity index (χ1v) is 16.3. The van der Waals surface area contributed by atoms with E-state index in [1.807, 2.05) is 6.92 Å². The van der Waals surface area contributed by atoms with Crippen molar-refractivity contribution in [2.75, 3.05) is 79.3 Å². The molecule has 0 aromatic heterocycles. The monoisotopic (exact) mass is 698 g/mol. The predicted molar refractivity (Wildman–Crippen MR) is 162 cm³/mol. The summed E-state index contributed by atoms with van der Waals surface area (Å²) in [5, 5.41) is 65.4. The molecule has 3 fully saturated rings. The predicted octanol–water partition coefficient (Wildman–Crippen LogP) is -4.00. The van der Waals surface area contributed by atoms with Gasteiger partial charge in [-0.2, -0.15) is 0 Å². The van der Waals surface area contributed by atoms with Crippen LogP contribution in [0.4, 0.5) is 0 Å². The van der Waals surface area contributed by atoms with Gasteiger partial charge in [0.1, 0.15) is 23.9 Å². The molecule has 2 aliphatic heterocycles. The SMILES string of the molecule is CC(=O)NC1CC(O)[C@@H](O)C(CO)O[C@H]1OCCOCCOCC(C)COCCOCCO[C@@H]1OC(CO)C2(O)C(O)C2C1NC(C)=O. The van der Waals surface area contributed by atoms with Crippen LogP contribution in [0.2, 0.25) is 0 Å². The molecule has 1 aliphatic carbocycles. The number of hydrogen-bond acceptors (Lipinski definition) is 16. The van der Waals surface area contributed by atoms with Gasteiger partial charge in [0.25, 0.3) is 0 Å². The standard InChI is InChI=1S/C30H54N2O16/c1-17(15-43-6-4-41-8-10-45-28-20(31-18(2)35)12-21(37)26(38)22(13-33)47-28)16-44-7-5-42-9-11-46-29-25(32-19(3)36)24-27(39)30(24,40)23(14-34)48-29/h17,20-29,33-34,37-40H,4-16H2,1-3H3,(H,31,35)(H,32,36)/t17?,20?,21?,22?,23?,24?,25?,26-,27?,28-,29-,30?/m1/s1. The molecule has 0 spiro atoms. The Hall–Kier alpha value is -1.62. The van der Waals surface area contributed by atoms with Gasteiger partial charge >= 0.3 is 0 Å². The first-order chi connectivity index (χ1) is 22.9. The number of ether oxygens (including phenoxy) is 8. The van der Waals surface area contributed by atoms with Crippen molar-refractivity contribution in [1.82, 2.24) is 10.6 Å². The smallest absolute Gasteiger partial charge is 0.217 e. The van der Waals surface area contributed by atoms with Crippen molar-refractivity contribution in [3.8, 4) is 0 Å². The highest BCUT2D eigenvalue weighted by Gasteiger charge is 2.75. The zero-order valence-electron chi connectivity index (χ0n) is 27.8. The minimum Gasteiger partial charge on any atom is -0.394 e. The van der Waals surface area contributed by atoms with E-state index in [1.165, 1.54) is 13.8 Å². The summed E-state index contributed by atoms with van der Waals surface area (Å²) in [5.74, 6) is -1.31. The number of amides is 2. The molecule has 18 heteroatoms. The maximum atomic E-state index is 11.6. The fourth-order valence-corrected chi connectivity index (χ4v) is 5.84. The number of nitrogens with one attached hydrogen (secondary N) is 2. The van der Waals surface area contributed by atoms with Crippen LogP contribution in [0.15, 0.2) is 0 Å². The number of hydrogen-bond donors (Lipinski definition) is 8. The molecule has 12 atom stereocenters. The van der Waals surface area contributed by atoms with Crippen LogP contribution in [-0.2, 0) is 47.5 Å². The van der Waals surface area contributed by atoms with E-state index < -0.39 is 79.9 Å². The summed E-state index contributed by atoms with van der Waals surface area (Å²) < 4.78 is 44.9. The molecule has 8 N–H and O–H groups in total. The minimum atomic E-state index is -1.63. The van der Waals surface area contributed by atoms with Crippen molar-refractivity contribution >= 4 is 11.8 Å². The van der Waals surface area contributed by atoms with Crippen LogP contribution in [0.25, 0.3) is 0 Å². The topological polar surface area (TPSA) is 253 Å². The van der Waals surface area contributed by atoms with Gasteiger partial charge < -0.3 is 79.2 Å². The molecule has 3 aliphatic rings. The highest BCUT2D eigenvalue weighted by molar-refractivity contribution is 5.73. The third kappa shape index (κ3) is 11.7. The molecule has 48 heavy (non-hydrogen) atoms. The van der Waals surface area contributed by atoms with Crippen LogP contribution in [0, 0.1) is 11.8 Å². The maximum Gasteiger partial charge on any atom is 0.217 e. The number of fused-ring (bicyclic) bond motifs is 1. The number of aliphatic hydroxyl groups is 6. The molecular weight excluding hydrogens is 644 g/mol. The van der Waals surface area contributed by atoms with Gasteiger partial charge in [0, 0.05) is 32.1 Å². The first kappa shape index (κ1) is 40.8. The highest BCUT2D eigenvalue weighted by Crippen LogP contribution is 2.54. The molecule has 3 rings (SSSR count). The molecule has 0 aromatic carbocycles. The van der Waals surface area contributed by atoms with Gasteiger partial charge in [0.2, 0.25) is 11.8 Å². The Morgan fingerprint density at radius 3 is 1.88 bits per heavy atom. The van der Waals surface area contributed by atoms with Crippen LogP contribution in [0.5, 0.6) is 0 Å². The number of rotatable bonds is 22. The average molecular weight is 699 g/mol. The summed E-state index contributed by atoms with van der Waals surface area (Å²) in [5.41, 5.74) is -1.63. The zero-order chi connectivity index (χ0) is 35.3. The normalized spacial score (nSPS) is 35.4. The lowest BCUT2D eigenvalue weighted by Crippen LogP contribution is -2.57. The fraction of sp³-hybridized carbons (Fsp3) is 0.933. The number of carbonyl (C=O) groups is 2. The van der Waals surface area contributed by atoms with Gasteiger partial charge in [-0.1, -0.05) is 6.92 Å². The van der Waals surface area contributed by atoms with E-state index >= 15 is 0 Å². The Balaban J connectivity index is 1.18. The van der Waals surface area contributed by atoms with Crippen molar-refractivity contribution in [2.24, 2.45) is 11.8 Å². The Morgan fingerprint density at radius 2 is 1.33 bits per heavy atom. The third-order valence-corrected chi connectivity index (χ3v) is 8.31. The van der Waals surface area contributed by atoms with E-state index in [9.17, 15) is 40.2 Å². The minimum absolute atomic E-state index is 0.00717. The Bertz CT molecular complexity index is 946. The summed E-state index contributed by atoms with van der Waals surface area (Å²) in [6.45, 7) is 6.42. The van der Waals surface area contributed by atoms with Gasteiger partial charge in [-0.25, -0.2) is 0 Å². The molecule has 1 saturated carbocycles. The summed E-state index contributed by atoms with van der Waals surface area (Å²) >= 11 is 0. The Kier molecular flexibility index (Phi) is 17.2. The molecule has 9 unspecified atom stereocenters. The molecule has 0 radical (unpaired) electrons. The quantitative estimate of drug-likeness (QED) is 0.0502. The van der Waals surface area contributed by atoms with Gasteiger partial charge in [-0.05, 0) is 0 Å². The van der Waals surface area contributed by atoms with Crippen molar-refractivity contribution in [3.63, 3.8) is 0 Å². The molecule has 0 aromatic rings. The Morgan fingerprint density at radius 1 is 0.792 bits per heavy atom. The van der Waals surface area contributed by atoms with Crippen LogP contribution < -0.4 is 10.6 Å². The number of carbonyl (C=O) groups excluding carboxylic acids is 2. The lowest BCUT2D eigenvalue weighted by molar-refractivity contribution is -0.249. The molecule has 280 valence electrons. The first-order valence-electron chi connectivity index (χ1n) is 16.3. The van der Waals surface area contributed by atoms with Gasteiger partial charge in [-0.15, -0.1) is 0 Å². The second-order valence-electron chi connectivity index (χ2n) is 12.3. The second-order valence-corrected chi connectivity index (χ2v) is 12.3. The molecule has 2 heterocycles. The molecule has 2 saturated heterocycles. The van der Waals surface area contributed by atoms with E-state index in [4.69, 9.17) is 37.9 Å². The lowest BCUT2D eigenvalue weighted by atomic mass is 10.0. The molecule has 18 nitrogen and oxygen atoms in total. The third-order valence-electron chi connectivity index (χ3n) is 8.31. The van der Waals surface area contributed by atoms with Crippen LogP contribution >= 0.6 is 0 Å². The summed E-state index contributed by atoms with van der Waals surface area (Å²) in [4.78, 5) is 23.2. The molecule has 0 bridgehead atoms. The summed E-state index contributed by atoms with van der Waals surface area (Å²) in [6.07, 6.45) is -7.73. The van der Waals surface area contributed by atoms with Crippen LogP contribution in [0.1, 0.15) is 27.2 Å². The van der Waals surface area contributed by atoms with Gasteiger partial charge in [0.05, 0.1) is 104 Å². The summed E-state index contributed by atoms with van der Waals surface area (Å²) in [6, 6.07) is -1.49. The van der Waals surface area contributed by atoms with E-state index in [0.29, 0.717) is 39.6 Å². The average Bonchev–Trinajstić information content (AvgIpc) is 3.63. The largest absolute Gasteiger partial charge is 0.394 e. The molecular formula is C30H54N2O16. The van der Waals surface area contributed by atoms with Crippen molar-refractivity contribution in [1.29, 1.82) is 0 Å². The zero-order valence-corrected chi connectivity index (χ0v) is 27.8. The van der Waals surface area contributed by atoms with E-state index in [1.54, 1.807) is 0 Å². The van der Waals surface area contributed by atoms with Gasteiger partial charge in [-0.3, -0.25) is 9.59 Å². The second kappa shape index (κ2) is 20.3. The Labute approximate surface area is 279 Å². The number of aliphatic hydroxyl groups excluding tert-OH is 5. The van der Waals surface area contributed by atoms with E-state index in [-0.39, 0.29) is 50.6 Å². The van der Waals surface area contributed by atoms with E-state index in [2.05, 4.69) is 10.6 Å². The van der Waals surface area contributed by atoms with E-state index in [0.717, 1.165) is 0 Å². The van der Waals surface area contributed by atoms with Crippen molar-refractivity contribution in [3.05, 3.63) is 0 Å². The van der Waals surface area contributed by atoms with Crippen LogP contribution in [0.3, 0.4) is 0 Å². The van der Waals surface area contributed by atoms with Gasteiger partial charge in [0.15, 0.2) is 12.6 Å². The van der Waals surface area contributed by atoms with Crippen LogP contribution in [-0.4, -0.2) is 183 Å². The lowest BCUT2D eigenvalue weighted by Gasteiger charge is -2.37. The highest BCUT2D eigenvalue weighted by atomic mass is 16.7. The maximum absolute atomic E-state index is 11.6. The molecule has 2 amide bonds. The van der Waals surface area contributed by atoms with Crippen molar-refractivity contribution in [2.45, 2.75) is 88.0 Å². The fourth-order valence-electron chi connectivity index (χ4n) is 5.84.